The van der Waals surface area contributed by atoms with Crippen molar-refractivity contribution < 1.29 is 13.9 Å². The van der Waals surface area contributed by atoms with Crippen molar-refractivity contribution in [2.24, 2.45) is 5.73 Å². The van der Waals surface area contributed by atoms with Gasteiger partial charge < -0.3 is 15.2 Å². The second-order valence-electron chi connectivity index (χ2n) is 3.16. The largest absolute Gasteiger partial charge is 0.494 e. The van der Waals surface area contributed by atoms with Crippen LogP contribution in [0.2, 0.25) is 0 Å². The lowest BCUT2D eigenvalue weighted by molar-refractivity contribution is 0.133. The normalized spacial score (nSPS) is 12.5. The van der Waals surface area contributed by atoms with E-state index < -0.39 is 0 Å². The Hall–Kier alpha value is -1.13. The molecule has 0 bridgehead atoms. The zero-order chi connectivity index (χ0) is 11.3. The van der Waals surface area contributed by atoms with Crippen molar-refractivity contribution in [2.45, 2.75) is 13.0 Å². The summed E-state index contributed by atoms with van der Waals surface area (Å²) in [5, 5.41) is 0. The molecule has 4 heteroatoms. The van der Waals surface area contributed by atoms with Crippen molar-refractivity contribution in [3.63, 3.8) is 0 Å². The van der Waals surface area contributed by atoms with Gasteiger partial charge >= 0.3 is 0 Å². The number of halogens is 1. The van der Waals surface area contributed by atoms with E-state index in [1.165, 1.54) is 13.2 Å². The lowest BCUT2D eigenvalue weighted by Gasteiger charge is -2.13. The highest BCUT2D eigenvalue weighted by Gasteiger charge is 2.09. The second-order valence-corrected chi connectivity index (χ2v) is 3.16. The van der Waals surface area contributed by atoms with Gasteiger partial charge in [0.1, 0.15) is 0 Å². The standard InChI is InChI=1S/C11H16FNO2/c1-3-15-7-10(13)8-4-5-9(12)11(6-8)14-2/h4-6,10H,3,7,13H2,1-2H3. The van der Waals surface area contributed by atoms with E-state index in [-0.39, 0.29) is 17.6 Å². The molecule has 2 N–H and O–H groups in total. The molecule has 1 aromatic carbocycles. The van der Waals surface area contributed by atoms with E-state index in [9.17, 15) is 4.39 Å². The summed E-state index contributed by atoms with van der Waals surface area (Å²) >= 11 is 0. The summed E-state index contributed by atoms with van der Waals surface area (Å²) < 4.78 is 23.2. The van der Waals surface area contributed by atoms with Crippen molar-refractivity contribution in [3.8, 4) is 5.75 Å². The molecule has 0 saturated heterocycles. The zero-order valence-electron chi connectivity index (χ0n) is 9.00. The van der Waals surface area contributed by atoms with Gasteiger partial charge in [-0.3, -0.25) is 0 Å². The van der Waals surface area contributed by atoms with Gasteiger partial charge in [0.2, 0.25) is 0 Å². The molecule has 0 heterocycles. The van der Waals surface area contributed by atoms with Crippen LogP contribution < -0.4 is 10.5 Å². The summed E-state index contributed by atoms with van der Waals surface area (Å²) in [5.74, 6) is -0.177. The van der Waals surface area contributed by atoms with Crippen LogP contribution in [0.4, 0.5) is 4.39 Å². The molecule has 0 fully saturated rings. The Labute approximate surface area is 89.0 Å². The molecular weight excluding hydrogens is 197 g/mol. The predicted molar refractivity (Wildman–Crippen MR) is 56.4 cm³/mol. The van der Waals surface area contributed by atoms with Crippen LogP contribution in [0.3, 0.4) is 0 Å². The molecule has 0 radical (unpaired) electrons. The van der Waals surface area contributed by atoms with Crippen LogP contribution in [0.1, 0.15) is 18.5 Å². The average molecular weight is 213 g/mol. The fourth-order valence-corrected chi connectivity index (χ4v) is 1.25. The van der Waals surface area contributed by atoms with Crippen molar-refractivity contribution in [3.05, 3.63) is 29.6 Å². The van der Waals surface area contributed by atoms with Gasteiger partial charge in [0.25, 0.3) is 0 Å². The number of ether oxygens (including phenoxy) is 2. The number of methoxy groups -OCH3 is 1. The third-order valence-electron chi connectivity index (χ3n) is 2.10. The molecule has 0 spiro atoms. The summed E-state index contributed by atoms with van der Waals surface area (Å²) in [6.45, 7) is 2.94. The molecule has 15 heavy (non-hydrogen) atoms. The highest BCUT2D eigenvalue weighted by atomic mass is 19.1. The fourth-order valence-electron chi connectivity index (χ4n) is 1.25. The Kier molecular flexibility index (Phi) is 4.52. The first-order valence-electron chi connectivity index (χ1n) is 4.85. The van der Waals surface area contributed by atoms with E-state index in [0.717, 1.165) is 5.56 Å². The van der Waals surface area contributed by atoms with Crippen LogP contribution in [0, 0.1) is 5.82 Å². The van der Waals surface area contributed by atoms with Crippen molar-refractivity contribution in [2.75, 3.05) is 20.3 Å². The van der Waals surface area contributed by atoms with Crippen molar-refractivity contribution in [1.82, 2.24) is 0 Å². The fraction of sp³-hybridized carbons (Fsp3) is 0.455. The molecule has 84 valence electrons. The molecular formula is C11H16FNO2. The topological polar surface area (TPSA) is 44.5 Å². The molecule has 0 aliphatic rings. The molecule has 1 rings (SSSR count). The SMILES string of the molecule is CCOCC(N)c1ccc(F)c(OC)c1. The number of nitrogens with two attached hydrogens (primary N) is 1. The molecule has 1 aromatic rings. The van der Waals surface area contributed by atoms with Crippen LogP contribution in [-0.4, -0.2) is 20.3 Å². The third-order valence-corrected chi connectivity index (χ3v) is 2.10. The molecule has 1 atom stereocenters. The van der Waals surface area contributed by atoms with Crippen molar-refractivity contribution >= 4 is 0 Å². The molecule has 0 aliphatic heterocycles. The van der Waals surface area contributed by atoms with Gasteiger partial charge in [0.05, 0.1) is 19.8 Å². The first-order valence-corrected chi connectivity index (χ1v) is 4.85. The van der Waals surface area contributed by atoms with Crippen LogP contribution in [0.15, 0.2) is 18.2 Å². The Morgan fingerprint density at radius 3 is 2.80 bits per heavy atom. The third kappa shape index (κ3) is 3.18. The smallest absolute Gasteiger partial charge is 0.165 e. The molecule has 0 saturated carbocycles. The van der Waals surface area contributed by atoms with Gasteiger partial charge in [-0.2, -0.15) is 0 Å². The zero-order valence-corrected chi connectivity index (χ0v) is 9.00. The van der Waals surface area contributed by atoms with Gasteiger partial charge in [-0.25, -0.2) is 4.39 Å². The maximum atomic E-state index is 13.1. The molecule has 3 nitrogen and oxygen atoms in total. The molecule has 0 aromatic heterocycles. The maximum absolute atomic E-state index is 13.1. The quantitative estimate of drug-likeness (QED) is 0.812. The Morgan fingerprint density at radius 1 is 1.47 bits per heavy atom. The molecule has 0 aliphatic carbocycles. The second kappa shape index (κ2) is 5.68. The van der Waals surface area contributed by atoms with E-state index in [4.69, 9.17) is 15.2 Å². The van der Waals surface area contributed by atoms with E-state index in [1.807, 2.05) is 6.92 Å². The number of hydrogen-bond donors (Lipinski definition) is 1. The minimum Gasteiger partial charge on any atom is -0.494 e. The van der Waals surface area contributed by atoms with Gasteiger partial charge in [-0.15, -0.1) is 0 Å². The number of rotatable bonds is 5. The summed E-state index contributed by atoms with van der Waals surface area (Å²) in [7, 11) is 1.43. The Morgan fingerprint density at radius 2 is 2.20 bits per heavy atom. The van der Waals surface area contributed by atoms with Gasteiger partial charge in [0, 0.05) is 6.61 Å². The summed E-state index contributed by atoms with van der Waals surface area (Å²) in [6, 6.07) is 4.33. The van der Waals surface area contributed by atoms with E-state index in [1.54, 1.807) is 12.1 Å². The highest BCUT2D eigenvalue weighted by Crippen LogP contribution is 2.21. The lowest BCUT2D eigenvalue weighted by atomic mass is 10.1. The Balaban J connectivity index is 2.76. The van der Waals surface area contributed by atoms with Gasteiger partial charge in [-0.05, 0) is 24.6 Å². The first kappa shape index (κ1) is 11.9. The Bertz CT molecular complexity index is 317. The van der Waals surface area contributed by atoms with Crippen LogP contribution >= 0.6 is 0 Å². The monoisotopic (exact) mass is 213 g/mol. The van der Waals surface area contributed by atoms with Crippen molar-refractivity contribution in [1.29, 1.82) is 0 Å². The van der Waals surface area contributed by atoms with Crippen LogP contribution in [0.5, 0.6) is 5.75 Å². The van der Waals surface area contributed by atoms with Crippen LogP contribution in [0.25, 0.3) is 0 Å². The number of benzene rings is 1. The first-order chi connectivity index (χ1) is 7.19. The highest BCUT2D eigenvalue weighted by molar-refractivity contribution is 5.32. The van der Waals surface area contributed by atoms with E-state index in [2.05, 4.69) is 0 Å². The minimum absolute atomic E-state index is 0.208. The molecule has 0 amide bonds. The molecule has 1 unspecified atom stereocenters. The summed E-state index contributed by atoms with van der Waals surface area (Å²) in [4.78, 5) is 0. The lowest BCUT2D eigenvalue weighted by Crippen LogP contribution is -2.17. The van der Waals surface area contributed by atoms with Gasteiger partial charge in [-0.1, -0.05) is 6.07 Å². The average Bonchev–Trinajstić information content (AvgIpc) is 2.26. The van der Waals surface area contributed by atoms with Gasteiger partial charge in [0.15, 0.2) is 11.6 Å². The summed E-state index contributed by atoms with van der Waals surface area (Å²) in [6.07, 6.45) is 0. The van der Waals surface area contributed by atoms with E-state index >= 15 is 0 Å². The predicted octanol–water partition coefficient (Wildman–Crippen LogP) is 1.87. The minimum atomic E-state index is -0.384. The van der Waals surface area contributed by atoms with Crippen LogP contribution in [-0.2, 0) is 4.74 Å². The summed E-state index contributed by atoms with van der Waals surface area (Å²) in [5.41, 5.74) is 6.66. The maximum Gasteiger partial charge on any atom is 0.165 e. The number of hydrogen-bond acceptors (Lipinski definition) is 3. The van der Waals surface area contributed by atoms with E-state index in [0.29, 0.717) is 13.2 Å².